The number of aryl methyl sites for hydroxylation is 1. The molecule has 0 saturated carbocycles. The van der Waals surface area contributed by atoms with E-state index in [0.29, 0.717) is 5.41 Å². The van der Waals surface area contributed by atoms with Crippen LogP contribution in [0.5, 0.6) is 0 Å². The van der Waals surface area contributed by atoms with Crippen LogP contribution in [-0.2, 0) is 6.54 Å². The van der Waals surface area contributed by atoms with Crippen LogP contribution in [0.1, 0.15) is 30.4 Å². The van der Waals surface area contributed by atoms with Crippen molar-refractivity contribution in [1.29, 1.82) is 0 Å². The fraction of sp³-hybridized carbons (Fsp3) is 0.625. The van der Waals surface area contributed by atoms with Crippen molar-refractivity contribution in [1.82, 2.24) is 10.2 Å². The van der Waals surface area contributed by atoms with Gasteiger partial charge < -0.3 is 5.32 Å². The Morgan fingerprint density at radius 2 is 2.05 bits per heavy atom. The highest BCUT2D eigenvalue weighted by atomic mass is 19.1. The fourth-order valence-corrected chi connectivity index (χ4v) is 3.58. The smallest absolute Gasteiger partial charge is 0.123 e. The van der Waals surface area contributed by atoms with E-state index in [1.807, 2.05) is 6.07 Å². The summed E-state index contributed by atoms with van der Waals surface area (Å²) in [6.07, 6.45) is 3.90. The standard InChI is InChI=1S/C16H23FN2/c1-13-2-3-15(17)10-14(13)11-19-9-6-16(12-19)4-7-18-8-5-16/h2-3,10,18H,4-9,11-12H2,1H3. The van der Waals surface area contributed by atoms with Crippen LogP contribution in [0.3, 0.4) is 0 Å². The first-order chi connectivity index (χ1) is 9.17. The lowest BCUT2D eigenvalue weighted by Gasteiger charge is -2.34. The molecule has 1 N–H and O–H groups in total. The minimum absolute atomic E-state index is 0.114. The molecule has 3 heteroatoms. The van der Waals surface area contributed by atoms with E-state index in [1.165, 1.54) is 31.4 Å². The number of hydrogen-bond acceptors (Lipinski definition) is 2. The molecule has 0 atom stereocenters. The molecule has 2 aliphatic rings. The van der Waals surface area contributed by atoms with Gasteiger partial charge in [0.1, 0.15) is 5.82 Å². The van der Waals surface area contributed by atoms with Crippen LogP contribution in [0.4, 0.5) is 4.39 Å². The summed E-state index contributed by atoms with van der Waals surface area (Å²) in [5, 5.41) is 3.45. The second-order valence-electron chi connectivity index (χ2n) is 6.28. The number of piperidine rings is 1. The lowest BCUT2D eigenvalue weighted by Crippen LogP contribution is -2.38. The number of hydrogen-bond donors (Lipinski definition) is 1. The van der Waals surface area contributed by atoms with Crippen LogP contribution in [-0.4, -0.2) is 31.1 Å². The Bertz CT molecular complexity index is 452. The van der Waals surface area contributed by atoms with Gasteiger partial charge in [-0.2, -0.15) is 0 Å². The van der Waals surface area contributed by atoms with Gasteiger partial charge in [0.05, 0.1) is 0 Å². The van der Waals surface area contributed by atoms with E-state index < -0.39 is 0 Å². The zero-order valence-corrected chi connectivity index (χ0v) is 11.7. The van der Waals surface area contributed by atoms with E-state index >= 15 is 0 Å². The maximum Gasteiger partial charge on any atom is 0.123 e. The molecule has 0 aromatic heterocycles. The first kappa shape index (κ1) is 13.1. The normalized spacial score (nSPS) is 23.1. The molecule has 19 heavy (non-hydrogen) atoms. The number of halogens is 1. The summed E-state index contributed by atoms with van der Waals surface area (Å²) < 4.78 is 13.3. The maximum atomic E-state index is 13.3. The Hall–Kier alpha value is -0.930. The van der Waals surface area contributed by atoms with Gasteiger partial charge in [-0.3, -0.25) is 4.90 Å². The van der Waals surface area contributed by atoms with Crippen molar-refractivity contribution in [2.24, 2.45) is 5.41 Å². The van der Waals surface area contributed by atoms with E-state index in [-0.39, 0.29) is 5.82 Å². The summed E-state index contributed by atoms with van der Waals surface area (Å²) in [4.78, 5) is 2.51. The maximum absolute atomic E-state index is 13.3. The predicted molar refractivity (Wildman–Crippen MR) is 75.6 cm³/mol. The zero-order chi connectivity index (χ0) is 13.3. The van der Waals surface area contributed by atoms with Crippen LogP contribution in [0.15, 0.2) is 18.2 Å². The molecule has 2 fully saturated rings. The fourth-order valence-electron chi connectivity index (χ4n) is 3.58. The van der Waals surface area contributed by atoms with Crippen LogP contribution in [0, 0.1) is 18.2 Å². The Balaban J connectivity index is 1.66. The molecule has 1 aromatic carbocycles. The molecular weight excluding hydrogens is 239 g/mol. The summed E-state index contributed by atoms with van der Waals surface area (Å²) in [7, 11) is 0. The van der Waals surface area contributed by atoms with Crippen LogP contribution in [0.25, 0.3) is 0 Å². The Morgan fingerprint density at radius 3 is 2.84 bits per heavy atom. The molecule has 2 heterocycles. The van der Waals surface area contributed by atoms with E-state index in [2.05, 4.69) is 17.1 Å². The highest BCUT2D eigenvalue weighted by Gasteiger charge is 2.38. The molecule has 2 saturated heterocycles. The van der Waals surface area contributed by atoms with Gasteiger partial charge in [0, 0.05) is 13.1 Å². The molecule has 104 valence electrons. The van der Waals surface area contributed by atoms with Gasteiger partial charge in [-0.1, -0.05) is 6.07 Å². The molecule has 3 rings (SSSR count). The molecule has 0 bridgehead atoms. The Labute approximate surface area is 115 Å². The highest BCUT2D eigenvalue weighted by molar-refractivity contribution is 5.26. The quantitative estimate of drug-likeness (QED) is 0.881. The van der Waals surface area contributed by atoms with Crippen LogP contribution in [0.2, 0.25) is 0 Å². The number of likely N-dealkylation sites (tertiary alicyclic amines) is 1. The largest absolute Gasteiger partial charge is 0.317 e. The Morgan fingerprint density at radius 1 is 1.26 bits per heavy atom. The second kappa shape index (κ2) is 5.22. The first-order valence-electron chi connectivity index (χ1n) is 7.35. The van der Waals surface area contributed by atoms with Crippen molar-refractivity contribution in [2.45, 2.75) is 32.7 Å². The predicted octanol–water partition coefficient (Wildman–Crippen LogP) is 2.71. The Kier molecular flexibility index (Phi) is 3.59. The average Bonchev–Trinajstić information content (AvgIpc) is 2.78. The van der Waals surface area contributed by atoms with Gasteiger partial charge in [-0.25, -0.2) is 4.39 Å². The molecule has 2 nitrogen and oxygen atoms in total. The molecule has 1 spiro atoms. The first-order valence-corrected chi connectivity index (χ1v) is 7.35. The summed E-state index contributed by atoms with van der Waals surface area (Å²) in [6.45, 7) is 7.64. The molecule has 0 aliphatic carbocycles. The molecular formula is C16H23FN2. The van der Waals surface area contributed by atoms with Gasteiger partial charge in [-0.15, -0.1) is 0 Å². The number of nitrogens with one attached hydrogen (secondary N) is 1. The topological polar surface area (TPSA) is 15.3 Å². The van der Waals surface area contributed by atoms with Crippen molar-refractivity contribution in [3.05, 3.63) is 35.1 Å². The van der Waals surface area contributed by atoms with Gasteiger partial charge >= 0.3 is 0 Å². The van der Waals surface area contributed by atoms with Crippen molar-refractivity contribution in [3.63, 3.8) is 0 Å². The number of nitrogens with zero attached hydrogens (tertiary/aromatic N) is 1. The van der Waals surface area contributed by atoms with Crippen LogP contribution >= 0.6 is 0 Å². The summed E-state index contributed by atoms with van der Waals surface area (Å²) >= 11 is 0. The number of benzene rings is 1. The summed E-state index contributed by atoms with van der Waals surface area (Å²) in [5.74, 6) is -0.114. The molecule has 2 aliphatic heterocycles. The van der Waals surface area contributed by atoms with Gasteiger partial charge in [0.25, 0.3) is 0 Å². The number of rotatable bonds is 2. The van der Waals surface area contributed by atoms with Crippen molar-refractivity contribution in [3.8, 4) is 0 Å². The molecule has 1 aromatic rings. The average molecular weight is 262 g/mol. The van der Waals surface area contributed by atoms with Gasteiger partial charge in [0.2, 0.25) is 0 Å². The van der Waals surface area contributed by atoms with Crippen LogP contribution < -0.4 is 5.32 Å². The minimum Gasteiger partial charge on any atom is -0.317 e. The van der Waals surface area contributed by atoms with E-state index in [9.17, 15) is 4.39 Å². The van der Waals surface area contributed by atoms with E-state index in [0.717, 1.165) is 31.7 Å². The van der Waals surface area contributed by atoms with E-state index in [4.69, 9.17) is 0 Å². The van der Waals surface area contributed by atoms with Crippen molar-refractivity contribution >= 4 is 0 Å². The molecule has 0 unspecified atom stereocenters. The lowest BCUT2D eigenvalue weighted by molar-refractivity contribution is 0.194. The SMILES string of the molecule is Cc1ccc(F)cc1CN1CCC2(CCNCC2)C1. The second-order valence-corrected chi connectivity index (χ2v) is 6.28. The summed E-state index contributed by atoms with van der Waals surface area (Å²) in [5.41, 5.74) is 2.88. The third kappa shape index (κ3) is 2.82. The minimum atomic E-state index is -0.114. The van der Waals surface area contributed by atoms with E-state index in [1.54, 1.807) is 12.1 Å². The van der Waals surface area contributed by atoms with Gasteiger partial charge in [-0.05, 0) is 74.5 Å². The third-order valence-corrected chi connectivity index (χ3v) is 4.89. The summed E-state index contributed by atoms with van der Waals surface area (Å²) in [6, 6.07) is 5.14. The third-order valence-electron chi connectivity index (χ3n) is 4.89. The van der Waals surface area contributed by atoms with Crippen molar-refractivity contribution in [2.75, 3.05) is 26.2 Å². The lowest BCUT2D eigenvalue weighted by atomic mass is 9.78. The van der Waals surface area contributed by atoms with Crippen molar-refractivity contribution < 1.29 is 4.39 Å². The molecule has 0 radical (unpaired) electrons. The highest BCUT2D eigenvalue weighted by Crippen LogP contribution is 2.39. The zero-order valence-electron chi connectivity index (χ0n) is 11.7. The van der Waals surface area contributed by atoms with Gasteiger partial charge in [0.15, 0.2) is 0 Å². The monoisotopic (exact) mass is 262 g/mol. The molecule has 0 amide bonds.